The number of aromatic nitrogens is 3. The fourth-order valence-electron chi connectivity index (χ4n) is 10.1. The fraction of sp³-hybridized carbons (Fsp3) is 0.0357. The van der Waals surface area contributed by atoms with E-state index in [0.29, 0.717) is 16.8 Å². The van der Waals surface area contributed by atoms with Crippen LogP contribution in [0.4, 0.5) is 0 Å². The van der Waals surface area contributed by atoms with Crippen LogP contribution < -0.4 is 0 Å². The summed E-state index contributed by atoms with van der Waals surface area (Å²) in [7, 11) is 0. The van der Waals surface area contributed by atoms with E-state index >= 15 is 0 Å². The molecule has 1 aliphatic carbocycles. The molecule has 0 saturated heterocycles. The van der Waals surface area contributed by atoms with Gasteiger partial charge in [-0.05, 0) is 89.3 Å². The molecule has 12 rings (SSSR count). The number of hydrogen-bond donors (Lipinski definition) is 0. The van der Waals surface area contributed by atoms with Crippen LogP contribution in [0.15, 0.2) is 188 Å². The van der Waals surface area contributed by atoms with E-state index in [4.69, 9.17) is 0 Å². The third-order valence-electron chi connectivity index (χ3n) is 12.7. The van der Waals surface area contributed by atoms with Gasteiger partial charge in [-0.3, -0.25) is 0 Å². The van der Waals surface area contributed by atoms with Crippen LogP contribution in [0.1, 0.15) is 33.9 Å². The first-order valence-electron chi connectivity index (χ1n) is 20.7. The first-order valence-corrected chi connectivity index (χ1v) is 20.7. The molecule has 0 aliphatic heterocycles. The molecule has 1 atom stereocenters. The van der Waals surface area contributed by atoms with Crippen molar-refractivity contribution < 1.29 is 0 Å². The predicted molar refractivity (Wildman–Crippen MR) is 249 cm³/mol. The molecular weight excluding hydrogens is 743 g/mol. The van der Waals surface area contributed by atoms with E-state index in [0.717, 1.165) is 89.1 Å². The van der Waals surface area contributed by atoms with Crippen molar-refractivity contribution in [1.29, 1.82) is 10.5 Å². The Hall–Kier alpha value is -8.38. The van der Waals surface area contributed by atoms with E-state index in [1.165, 1.54) is 11.1 Å². The van der Waals surface area contributed by atoms with Crippen LogP contribution in [0, 0.1) is 22.7 Å². The zero-order valence-electron chi connectivity index (χ0n) is 33.0. The third kappa shape index (κ3) is 5.12. The smallest absolute Gasteiger partial charge is 0.104 e. The predicted octanol–water partition coefficient (Wildman–Crippen LogP) is 13.6. The molecule has 8 aromatic carbocycles. The van der Waals surface area contributed by atoms with Crippen LogP contribution in [-0.4, -0.2) is 13.7 Å². The van der Waals surface area contributed by atoms with Gasteiger partial charge in [0.2, 0.25) is 0 Å². The van der Waals surface area contributed by atoms with Gasteiger partial charge in [-0.1, -0.05) is 133 Å². The molecule has 11 aromatic rings. The van der Waals surface area contributed by atoms with Gasteiger partial charge >= 0.3 is 0 Å². The van der Waals surface area contributed by atoms with Gasteiger partial charge < -0.3 is 13.7 Å². The molecule has 61 heavy (non-hydrogen) atoms. The molecule has 5 heteroatoms. The van der Waals surface area contributed by atoms with Gasteiger partial charge in [-0.15, -0.1) is 0 Å². The highest BCUT2D eigenvalue weighted by Gasteiger charge is 2.29. The van der Waals surface area contributed by atoms with Gasteiger partial charge in [0.15, 0.2) is 0 Å². The van der Waals surface area contributed by atoms with E-state index in [2.05, 4.69) is 196 Å². The lowest BCUT2D eigenvalue weighted by molar-refractivity contribution is 0.825. The van der Waals surface area contributed by atoms with Crippen LogP contribution in [0.3, 0.4) is 0 Å². The highest BCUT2D eigenvalue weighted by molar-refractivity contribution is 6.19. The van der Waals surface area contributed by atoms with Crippen molar-refractivity contribution in [2.75, 3.05) is 0 Å². The minimum Gasteiger partial charge on any atom is -0.309 e. The van der Waals surface area contributed by atoms with Crippen molar-refractivity contribution in [2.45, 2.75) is 12.3 Å². The monoisotopic (exact) mass is 777 g/mol. The first-order chi connectivity index (χ1) is 30.2. The summed E-state index contributed by atoms with van der Waals surface area (Å²) < 4.78 is 6.77. The zero-order chi connectivity index (χ0) is 40.6. The molecular formula is C56H35N5. The van der Waals surface area contributed by atoms with E-state index < -0.39 is 0 Å². The molecule has 5 nitrogen and oxygen atoms in total. The number of benzene rings is 8. The molecule has 3 heterocycles. The van der Waals surface area contributed by atoms with Crippen molar-refractivity contribution in [2.24, 2.45) is 0 Å². The van der Waals surface area contributed by atoms with Crippen molar-refractivity contribution in [1.82, 2.24) is 13.7 Å². The normalized spacial score (nSPS) is 13.6. The van der Waals surface area contributed by atoms with Gasteiger partial charge in [-0.25, -0.2) is 0 Å². The number of allylic oxidation sites excluding steroid dienone is 1. The van der Waals surface area contributed by atoms with Crippen molar-refractivity contribution in [3.63, 3.8) is 0 Å². The van der Waals surface area contributed by atoms with Crippen LogP contribution in [0.5, 0.6) is 0 Å². The number of rotatable bonds is 5. The maximum atomic E-state index is 11.5. The van der Waals surface area contributed by atoms with Crippen molar-refractivity contribution >= 4 is 60.6 Å². The van der Waals surface area contributed by atoms with E-state index in [1.54, 1.807) is 0 Å². The maximum absolute atomic E-state index is 11.5. The lowest BCUT2D eigenvalue weighted by Crippen LogP contribution is -2.10. The summed E-state index contributed by atoms with van der Waals surface area (Å²) in [5.74, 6) is 0.177. The molecule has 0 N–H and O–H groups in total. The Bertz CT molecular complexity index is 3680. The maximum Gasteiger partial charge on any atom is 0.104 e. The van der Waals surface area contributed by atoms with Gasteiger partial charge in [0, 0.05) is 44.2 Å². The SMILES string of the molecule is N#Cc1ccc(-n2c3ccccc3c3cc4c(cc32)c2ccccc2n4-c2ccccc2)c(C#N)c1-n1c2c(c3c(-c4ccccc4)cccc31)CC(c1ccccc1)C=C2. The molecule has 0 radical (unpaired) electrons. The highest BCUT2D eigenvalue weighted by atomic mass is 15.0. The number of para-hydroxylation sites is 3. The van der Waals surface area contributed by atoms with E-state index in [1.807, 2.05) is 24.3 Å². The van der Waals surface area contributed by atoms with Gasteiger partial charge in [-0.2, -0.15) is 10.5 Å². The second-order valence-electron chi connectivity index (χ2n) is 15.9. The Morgan fingerprint density at radius 1 is 0.492 bits per heavy atom. The third-order valence-corrected chi connectivity index (χ3v) is 12.7. The number of nitrogens with zero attached hydrogens (tertiary/aromatic N) is 5. The van der Waals surface area contributed by atoms with Crippen LogP contribution in [-0.2, 0) is 6.42 Å². The quantitative estimate of drug-likeness (QED) is 0.175. The Morgan fingerprint density at radius 3 is 1.79 bits per heavy atom. The van der Waals surface area contributed by atoms with Crippen molar-refractivity contribution in [3.05, 3.63) is 216 Å². The summed E-state index contributed by atoms with van der Waals surface area (Å²) >= 11 is 0. The van der Waals surface area contributed by atoms with Crippen LogP contribution in [0.25, 0.3) is 88.8 Å². The Morgan fingerprint density at radius 2 is 1.10 bits per heavy atom. The van der Waals surface area contributed by atoms with Gasteiger partial charge in [0.25, 0.3) is 0 Å². The largest absolute Gasteiger partial charge is 0.309 e. The lowest BCUT2D eigenvalue weighted by Gasteiger charge is -2.21. The molecule has 284 valence electrons. The topological polar surface area (TPSA) is 62.4 Å². The summed E-state index contributed by atoms with van der Waals surface area (Å²) in [5.41, 5.74) is 14.2. The summed E-state index contributed by atoms with van der Waals surface area (Å²) in [6.07, 6.45) is 5.27. The molecule has 0 bridgehead atoms. The van der Waals surface area contributed by atoms with Crippen LogP contribution in [0.2, 0.25) is 0 Å². The Kier molecular flexibility index (Phi) is 7.72. The summed E-state index contributed by atoms with van der Waals surface area (Å²) in [4.78, 5) is 0. The minimum absolute atomic E-state index is 0.177. The summed E-state index contributed by atoms with van der Waals surface area (Å²) in [6, 6.07) is 68.7. The average Bonchev–Trinajstić information content (AvgIpc) is 3.96. The highest BCUT2D eigenvalue weighted by Crippen LogP contribution is 2.45. The van der Waals surface area contributed by atoms with Crippen LogP contribution >= 0.6 is 0 Å². The molecule has 0 amide bonds. The number of hydrogen-bond acceptors (Lipinski definition) is 2. The second kappa shape index (κ2) is 13.6. The molecule has 3 aromatic heterocycles. The van der Waals surface area contributed by atoms with Gasteiger partial charge in [0.1, 0.15) is 17.7 Å². The molecule has 1 aliphatic rings. The fourth-order valence-corrected chi connectivity index (χ4v) is 10.1. The average molecular weight is 778 g/mol. The molecule has 0 spiro atoms. The Balaban J connectivity index is 1.17. The second-order valence-corrected chi connectivity index (χ2v) is 15.9. The Labute approximate surface area is 352 Å². The van der Waals surface area contributed by atoms with Gasteiger partial charge in [0.05, 0.1) is 44.5 Å². The van der Waals surface area contributed by atoms with E-state index in [-0.39, 0.29) is 5.92 Å². The molecule has 0 saturated carbocycles. The molecule has 0 fully saturated rings. The minimum atomic E-state index is 0.177. The summed E-state index contributed by atoms with van der Waals surface area (Å²) in [5, 5.41) is 28.0. The first kappa shape index (κ1) is 34.6. The zero-order valence-corrected chi connectivity index (χ0v) is 33.0. The van der Waals surface area contributed by atoms with E-state index in [9.17, 15) is 10.5 Å². The number of nitriles is 2. The summed E-state index contributed by atoms with van der Waals surface area (Å²) in [6.45, 7) is 0. The number of fused-ring (bicyclic) bond motifs is 9. The standard InChI is InChI=1S/C56H35N5/c57-34-39-28-30-51(60-49-25-13-11-22-43(49)45-32-53-44(33-54(45)60)42-21-10-12-24-48(42)59(53)40-19-8-3-9-20-40)47(35-58)56(39)61-50-29-27-38(36-15-4-1-5-16-36)31-46(50)55-41(23-14-26-52(55)61)37-17-6-2-7-18-37/h1-30,32-33,38H,31H2. The van der Waals surface area contributed by atoms with Crippen molar-refractivity contribution in [3.8, 4) is 40.3 Å². The lowest BCUT2D eigenvalue weighted by atomic mass is 9.85. The molecule has 1 unspecified atom stereocenters.